The number of para-hydroxylation sites is 2. The van der Waals surface area contributed by atoms with Gasteiger partial charge < -0.3 is 4.90 Å². The molecular formula is C38H21N5. The van der Waals surface area contributed by atoms with E-state index in [1.165, 1.54) is 0 Å². The Morgan fingerprint density at radius 1 is 0.605 bits per heavy atom. The second-order valence-corrected chi connectivity index (χ2v) is 10.4. The average Bonchev–Trinajstić information content (AvgIpc) is 3.38. The molecule has 5 heteroatoms. The number of nitrogens with zero attached hydrogens (tertiary/aromatic N) is 5. The Morgan fingerprint density at radius 3 is 1.81 bits per heavy atom. The molecule has 0 saturated heterocycles. The summed E-state index contributed by atoms with van der Waals surface area (Å²) < 4.78 is 0. The van der Waals surface area contributed by atoms with E-state index in [2.05, 4.69) is 119 Å². The largest absolute Gasteiger partial charge is 0.311 e. The van der Waals surface area contributed by atoms with Crippen molar-refractivity contribution < 1.29 is 0 Å². The van der Waals surface area contributed by atoms with Crippen LogP contribution in [-0.2, 0) is 0 Å². The van der Waals surface area contributed by atoms with Gasteiger partial charge in [-0.1, -0.05) is 78.9 Å². The molecule has 0 amide bonds. The summed E-state index contributed by atoms with van der Waals surface area (Å²) in [5.41, 5.74) is 11.1. The minimum Gasteiger partial charge on any atom is -0.311 e. The first-order valence-electron chi connectivity index (χ1n) is 13.9. The maximum atomic E-state index is 9.53. The molecule has 198 valence electrons. The summed E-state index contributed by atoms with van der Waals surface area (Å²) in [4.78, 5) is 15.7. The second kappa shape index (κ2) is 9.66. The van der Waals surface area contributed by atoms with Crippen LogP contribution >= 0.6 is 0 Å². The molecule has 6 aromatic carbocycles. The van der Waals surface area contributed by atoms with E-state index in [1.54, 1.807) is 12.1 Å². The van der Waals surface area contributed by atoms with E-state index in [-0.39, 0.29) is 0 Å². The van der Waals surface area contributed by atoms with E-state index < -0.39 is 0 Å². The lowest BCUT2D eigenvalue weighted by molar-refractivity contribution is 1.28. The van der Waals surface area contributed by atoms with Crippen LogP contribution in [0, 0.1) is 17.9 Å². The molecule has 8 rings (SSSR count). The van der Waals surface area contributed by atoms with E-state index in [4.69, 9.17) is 16.5 Å². The van der Waals surface area contributed by atoms with Gasteiger partial charge >= 0.3 is 0 Å². The van der Waals surface area contributed by atoms with Gasteiger partial charge in [-0.05, 0) is 65.0 Å². The number of nitriles is 1. The molecule has 1 aliphatic carbocycles. The molecule has 0 unspecified atom stereocenters. The van der Waals surface area contributed by atoms with E-state index in [1.807, 2.05) is 12.1 Å². The Kier molecular flexibility index (Phi) is 5.50. The molecule has 1 aromatic heterocycles. The van der Waals surface area contributed by atoms with Crippen molar-refractivity contribution in [2.75, 3.05) is 4.90 Å². The molecule has 1 aliphatic rings. The molecule has 0 N–H and O–H groups in total. The highest BCUT2D eigenvalue weighted by Crippen LogP contribution is 2.48. The Morgan fingerprint density at radius 2 is 1.19 bits per heavy atom. The molecule has 0 atom stereocenters. The summed E-state index contributed by atoms with van der Waals surface area (Å²) in [5, 5.41) is 11.8. The van der Waals surface area contributed by atoms with Crippen LogP contribution in [0.15, 0.2) is 127 Å². The monoisotopic (exact) mass is 547 g/mol. The van der Waals surface area contributed by atoms with Crippen molar-refractivity contribution in [1.29, 1.82) is 5.26 Å². The Balaban J connectivity index is 1.24. The first-order chi connectivity index (χ1) is 21.2. The highest BCUT2D eigenvalue weighted by atomic mass is 15.1. The molecule has 0 fully saturated rings. The van der Waals surface area contributed by atoms with E-state index >= 15 is 0 Å². The Labute approximate surface area is 248 Å². The molecule has 0 saturated carbocycles. The van der Waals surface area contributed by atoms with Crippen LogP contribution in [0.2, 0.25) is 0 Å². The molecule has 0 radical (unpaired) electrons. The van der Waals surface area contributed by atoms with Gasteiger partial charge in [0.25, 0.3) is 0 Å². The summed E-state index contributed by atoms with van der Waals surface area (Å²) >= 11 is 0. The third kappa shape index (κ3) is 3.84. The van der Waals surface area contributed by atoms with Gasteiger partial charge in [0.05, 0.1) is 40.6 Å². The lowest BCUT2D eigenvalue weighted by atomic mass is 9.94. The van der Waals surface area contributed by atoms with Crippen molar-refractivity contribution in [1.82, 2.24) is 9.97 Å². The van der Waals surface area contributed by atoms with Crippen LogP contribution in [0.1, 0.15) is 5.56 Å². The van der Waals surface area contributed by atoms with Crippen LogP contribution < -0.4 is 4.90 Å². The summed E-state index contributed by atoms with van der Waals surface area (Å²) in [5.74, 6) is 0. The van der Waals surface area contributed by atoms with Crippen LogP contribution in [0.3, 0.4) is 0 Å². The number of anilines is 3. The molecular weight excluding hydrogens is 526 g/mol. The van der Waals surface area contributed by atoms with Gasteiger partial charge in [0.15, 0.2) is 0 Å². The van der Waals surface area contributed by atoms with Crippen molar-refractivity contribution in [2.45, 2.75) is 0 Å². The van der Waals surface area contributed by atoms with E-state index in [9.17, 15) is 5.26 Å². The lowest BCUT2D eigenvalue weighted by Gasteiger charge is -2.25. The molecule has 7 aromatic rings. The maximum Gasteiger partial charge on any atom is 0.206 e. The van der Waals surface area contributed by atoms with Crippen LogP contribution in [-0.4, -0.2) is 9.97 Å². The molecule has 0 bridgehead atoms. The summed E-state index contributed by atoms with van der Waals surface area (Å²) in [6.45, 7) is 7.47. The normalized spacial score (nSPS) is 11.2. The molecule has 1 heterocycles. The van der Waals surface area contributed by atoms with Gasteiger partial charge in [-0.15, -0.1) is 0 Å². The fourth-order valence-corrected chi connectivity index (χ4v) is 6.09. The van der Waals surface area contributed by atoms with Gasteiger partial charge in [-0.3, -0.25) is 0 Å². The van der Waals surface area contributed by atoms with Crippen molar-refractivity contribution >= 4 is 44.6 Å². The van der Waals surface area contributed by atoms with E-state index in [0.29, 0.717) is 22.3 Å². The molecule has 0 spiro atoms. The quantitative estimate of drug-likeness (QED) is 0.206. The predicted octanol–water partition coefficient (Wildman–Crippen LogP) is 9.99. The van der Waals surface area contributed by atoms with E-state index in [0.717, 1.165) is 61.5 Å². The zero-order valence-electron chi connectivity index (χ0n) is 22.9. The smallest absolute Gasteiger partial charge is 0.206 e. The second-order valence-electron chi connectivity index (χ2n) is 10.4. The number of hydrogen-bond acceptors (Lipinski definition) is 4. The van der Waals surface area contributed by atoms with Crippen molar-refractivity contribution in [3.63, 3.8) is 0 Å². The zero-order valence-corrected chi connectivity index (χ0v) is 22.9. The van der Waals surface area contributed by atoms with Gasteiger partial charge in [0, 0.05) is 33.6 Å². The van der Waals surface area contributed by atoms with Gasteiger partial charge in [0.1, 0.15) is 0 Å². The maximum absolute atomic E-state index is 9.53. The topological polar surface area (TPSA) is 57.2 Å². The molecule has 43 heavy (non-hydrogen) atoms. The molecule has 5 nitrogen and oxygen atoms in total. The summed E-state index contributed by atoms with van der Waals surface area (Å²) in [6, 6.07) is 45.5. The molecule has 0 aliphatic heterocycles. The van der Waals surface area contributed by atoms with Gasteiger partial charge in [-0.2, -0.15) is 5.26 Å². The third-order valence-electron chi connectivity index (χ3n) is 8.04. The number of aromatic nitrogens is 2. The number of hydrogen-bond donors (Lipinski definition) is 0. The van der Waals surface area contributed by atoms with Crippen LogP contribution in [0.4, 0.5) is 22.7 Å². The van der Waals surface area contributed by atoms with Gasteiger partial charge in [-0.25, -0.2) is 14.8 Å². The fraction of sp³-hybridized carbons (Fsp3) is 0. The van der Waals surface area contributed by atoms with Crippen molar-refractivity contribution in [3.8, 4) is 39.7 Å². The van der Waals surface area contributed by atoms with Crippen LogP contribution in [0.5, 0.6) is 0 Å². The number of rotatable bonds is 4. The highest BCUT2D eigenvalue weighted by Gasteiger charge is 2.26. The summed E-state index contributed by atoms with van der Waals surface area (Å²) in [7, 11) is 0. The first kappa shape index (κ1) is 24.5. The standard InChI is InChI=1S/C38H21N5/c1-40-33-22-35-34(21-25(33)23-39)41-38-32-20-19-29(30-13-8-14-31(36(30)32)37(38)42-35)24-15-17-28(18-16-24)43(26-9-4-2-5-10-26)27-11-6-3-7-12-27/h2-22H. The predicted molar refractivity (Wildman–Crippen MR) is 173 cm³/mol. The van der Waals surface area contributed by atoms with Gasteiger partial charge in [0.2, 0.25) is 5.69 Å². The number of benzene rings is 6. The fourth-order valence-electron chi connectivity index (χ4n) is 6.09. The van der Waals surface area contributed by atoms with Crippen LogP contribution in [0.25, 0.3) is 60.3 Å². The third-order valence-corrected chi connectivity index (χ3v) is 8.04. The summed E-state index contributed by atoms with van der Waals surface area (Å²) in [6.07, 6.45) is 0. The Bertz CT molecular complexity index is 2190. The zero-order chi connectivity index (χ0) is 28.9. The Hall–Kier alpha value is -6.30. The minimum absolute atomic E-state index is 0.293. The van der Waals surface area contributed by atoms with Crippen molar-refractivity contribution in [2.24, 2.45) is 0 Å². The van der Waals surface area contributed by atoms with Crippen molar-refractivity contribution in [3.05, 3.63) is 144 Å². The minimum atomic E-state index is 0.293. The first-order valence-corrected chi connectivity index (χ1v) is 13.9. The average molecular weight is 548 g/mol. The number of fused-ring (bicyclic) bond motifs is 4. The highest BCUT2D eigenvalue weighted by molar-refractivity contribution is 6.18. The lowest BCUT2D eigenvalue weighted by Crippen LogP contribution is -2.09. The SMILES string of the molecule is [C-]#[N+]c1cc2nc3c(nc2cc1C#N)-c1ccc(-c2ccc(N(c4ccccc4)c4ccccc4)cc2)c2cccc-3c12.